The zero-order valence-corrected chi connectivity index (χ0v) is 18.9. The molecule has 1 N–H and O–H groups in total. The van der Waals surface area contributed by atoms with Crippen molar-refractivity contribution in [2.24, 2.45) is 0 Å². The number of hydrogen-bond donors (Lipinski definition) is 1. The van der Waals surface area contributed by atoms with E-state index in [4.69, 9.17) is 21.1 Å². The standard InChI is InChI=1S/C24H29ClN2O4/c1-4-20(24(29)26-16(2)3)27(14-18-5-9-19(25)10-6-18)23(28)12-8-17-7-11-21-22(13-17)31-15-30-21/h5-7,9-11,13,16,20H,4,8,12,14-15H2,1-3H3,(H,26,29)/t20-/m1/s1. The molecule has 6 nitrogen and oxygen atoms in total. The van der Waals surface area contributed by atoms with Gasteiger partial charge in [0.1, 0.15) is 6.04 Å². The van der Waals surface area contributed by atoms with E-state index in [2.05, 4.69) is 5.32 Å². The Morgan fingerprint density at radius 3 is 2.42 bits per heavy atom. The van der Waals surface area contributed by atoms with E-state index in [1.165, 1.54) is 0 Å². The summed E-state index contributed by atoms with van der Waals surface area (Å²) in [5.41, 5.74) is 1.92. The van der Waals surface area contributed by atoms with Gasteiger partial charge in [-0.2, -0.15) is 0 Å². The van der Waals surface area contributed by atoms with E-state index in [1.807, 2.05) is 51.1 Å². The Labute approximate surface area is 188 Å². The average Bonchev–Trinajstić information content (AvgIpc) is 3.20. The predicted molar refractivity (Wildman–Crippen MR) is 120 cm³/mol. The fourth-order valence-corrected chi connectivity index (χ4v) is 3.70. The van der Waals surface area contributed by atoms with Crippen LogP contribution in [-0.4, -0.2) is 35.6 Å². The van der Waals surface area contributed by atoms with Crippen molar-refractivity contribution >= 4 is 23.4 Å². The molecule has 0 spiro atoms. The summed E-state index contributed by atoms with van der Waals surface area (Å²) in [6.45, 7) is 6.31. The molecule has 0 saturated carbocycles. The van der Waals surface area contributed by atoms with Crippen LogP contribution in [-0.2, 0) is 22.6 Å². The summed E-state index contributed by atoms with van der Waals surface area (Å²) in [6, 6.07) is 12.5. The van der Waals surface area contributed by atoms with Gasteiger partial charge in [0.05, 0.1) is 0 Å². The topological polar surface area (TPSA) is 67.9 Å². The van der Waals surface area contributed by atoms with E-state index in [0.29, 0.717) is 36.6 Å². The third-order valence-corrected chi connectivity index (χ3v) is 5.40. The third-order valence-electron chi connectivity index (χ3n) is 5.15. The number of carbonyl (C=O) groups is 2. The lowest BCUT2D eigenvalue weighted by atomic mass is 10.1. The van der Waals surface area contributed by atoms with Gasteiger partial charge >= 0.3 is 0 Å². The number of aryl methyl sites for hydroxylation is 1. The molecule has 7 heteroatoms. The Kier molecular flexibility index (Phi) is 7.80. The number of nitrogens with one attached hydrogen (secondary N) is 1. The van der Waals surface area contributed by atoms with E-state index < -0.39 is 6.04 Å². The van der Waals surface area contributed by atoms with Crippen molar-refractivity contribution in [1.82, 2.24) is 10.2 Å². The van der Waals surface area contributed by atoms with Gasteiger partial charge in [-0.1, -0.05) is 36.7 Å². The number of hydrogen-bond acceptors (Lipinski definition) is 4. The Morgan fingerprint density at radius 2 is 1.74 bits per heavy atom. The van der Waals surface area contributed by atoms with E-state index in [0.717, 1.165) is 16.9 Å². The summed E-state index contributed by atoms with van der Waals surface area (Å²) in [4.78, 5) is 27.8. The number of ether oxygens (including phenoxy) is 2. The molecule has 0 saturated heterocycles. The second-order valence-electron chi connectivity index (χ2n) is 7.92. The summed E-state index contributed by atoms with van der Waals surface area (Å²) in [5.74, 6) is 1.21. The molecular weight excluding hydrogens is 416 g/mol. The molecule has 3 rings (SSSR count). The highest BCUT2D eigenvalue weighted by Gasteiger charge is 2.28. The lowest BCUT2D eigenvalue weighted by Crippen LogP contribution is -2.50. The minimum Gasteiger partial charge on any atom is -0.454 e. The van der Waals surface area contributed by atoms with Crippen LogP contribution < -0.4 is 14.8 Å². The van der Waals surface area contributed by atoms with Gasteiger partial charge in [0.25, 0.3) is 0 Å². The van der Waals surface area contributed by atoms with Gasteiger partial charge in [-0.25, -0.2) is 0 Å². The smallest absolute Gasteiger partial charge is 0.243 e. The Bertz CT molecular complexity index is 914. The number of nitrogens with zero attached hydrogens (tertiary/aromatic N) is 1. The highest BCUT2D eigenvalue weighted by atomic mass is 35.5. The van der Waals surface area contributed by atoms with Gasteiger partial charge in [0.2, 0.25) is 18.6 Å². The van der Waals surface area contributed by atoms with Crippen LogP contribution in [0.1, 0.15) is 44.7 Å². The molecule has 1 atom stereocenters. The van der Waals surface area contributed by atoms with Crippen molar-refractivity contribution in [3.05, 3.63) is 58.6 Å². The maximum atomic E-state index is 13.3. The first-order valence-electron chi connectivity index (χ1n) is 10.6. The fraction of sp³-hybridized carbons (Fsp3) is 0.417. The molecule has 2 aromatic carbocycles. The van der Waals surface area contributed by atoms with Crippen molar-refractivity contribution in [3.8, 4) is 11.5 Å². The molecular formula is C24H29ClN2O4. The van der Waals surface area contributed by atoms with Crippen LogP contribution in [0.25, 0.3) is 0 Å². The van der Waals surface area contributed by atoms with Gasteiger partial charge in [-0.15, -0.1) is 0 Å². The van der Waals surface area contributed by atoms with Gasteiger partial charge < -0.3 is 19.7 Å². The van der Waals surface area contributed by atoms with E-state index in [9.17, 15) is 9.59 Å². The first-order chi connectivity index (χ1) is 14.9. The number of fused-ring (bicyclic) bond motifs is 1. The highest BCUT2D eigenvalue weighted by molar-refractivity contribution is 6.30. The van der Waals surface area contributed by atoms with Crippen LogP contribution in [0.2, 0.25) is 5.02 Å². The molecule has 2 aromatic rings. The molecule has 2 amide bonds. The molecule has 0 fully saturated rings. The predicted octanol–water partition coefficient (Wildman–Crippen LogP) is 4.33. The fourth-order valence-electron chi connectivity index (χ4n) is 3.58. The average molecular weight is 445 g/mol. The molecule has 0 unspecified atom stereocenters. The molecule has 31 heavy (non-hydrogen) atoms. The second kappa shape index (κ2) is 10.5. The van der Waals surface area contributed by atoms with Crippen LogP contribution in [0.15, 0.2) is 42.5 Å². The molecule has 166 valence electrons. The molecule has 0 aromatic heterocycles. The molecule has 0 aliphatic carbocycles. The number of benzene rings is 2. The lowest BCUT2D eigenvalue weighted by Gasteiger charge is -2.31. The summed E-state index contributed by atoms with van der Waals surface area (Å²) in [6.07, 6.45) is 1.37. The summed E-state index contributed by atoms with van der Waals surface area (Å²) in [5, 5.41) is 3.58. The van der Waals surface area contributed by atoms with E-state index >= 15 is 0 Å². The van der Waals surface area contributed by atoms with E-state index in [1.54, 1.807) is 17.0 Å². The highest BCUT2D eigenvalue weighted by Crippen LogP contribution is 2.32. The van der Waals surface area contributed by atoms with Crippen molar-refractivity contribution in [1.29, 1.82) is 0 Å². The summed E-state index contributed by atoms with van der Waals surface area (Å²) < 4.78 is 10.8. The van der Waals surface area contributed by atoms with Crippen LogP contribution in [0, 0.1) is 0 Å². The van der Waals surface area contributed by atoms with Crippen LogP contribution in [0.5, 0.6) is 11.5 Å². The quantitative estimate of drug-likeness (QED) is 0.625. The maximum absolute atomic E-state index is 13.3. The van der Waals surface area contributed by atoms with Crippen molar-refractivity contribution in [2.75, 3.05) is 6.79 Å². The third kappa shape index (κ3) is 6.14. The summed E-state index contributed by atoms with van der Waals surface area (Å²) in [7, 11) is 0. The molecule has 0 bridgehead atoms. The molecule has 1 heterocycles. The van der Waals surface area contributed by atoms with Gasteiger partial charge in [0.15, 0.2) is 11.5 Å². The normalized spacial score (nSPS) is 13.2. The minimum absolute atomic E-state index is 0.00247. The monoisotopic (exact) mass is 444 g/mol. The van der Waals surface area contributed by atoms with Crippen molar-refractivity contribution in [2.45, 2.75) is 58.7 Å². The number of halogens is 1. The number of amides is 2. The zero-order chi connectivity index (χ0) is 22.4. The second-order valence-corrected chi connectivity index (χ2v) is 8.36. The first kappa shape index (κ1) is 22.9. The Balaban J connectivity index is 1.75. The largest absolute Gasteiger partial charge is 0.454 e. The van der Waals surface area contributed by atoms with Crippen molar-refractivity contribution < 1.29 is 19.1 Å². The van der Waals surface area contributed by atoms with Gasteiger partial charge in [-0.3, -0.25) is 9.59 Å². The maximum Gasteiger partial charge on any atom is 0.243 e. The van der Waals surface area contributed by atoms with E-state index in [-0.39, 0.29) is 24.6 Å². The Hall–Kier alpha value is -2.73. The lowest BCUT2D eigenvalue weighted by molar-refractivity contribution is -0.141. The van der Waals surface area contributed by atoms with Gasteiger partial charge in [0, 0.05) is 24.0 Å². The number of carbonyl (C=O) groups excluding carboxylic acids is 2. The minimum atomic E-state index is -0.540. The van der Waals surface area contributed by atoms with Crippen LogP contribution in [0.4, 0.5) is 0 Å². The van der Waals surface area contributed by atoms with Gasteiger partial charge in [-0.05, 0) is 62.1 Å². The SMILES string of the molecule is CC[C@H](C(=O)NC(C)C)N(Cc1ccc(Cl)cc1)C(=O)CCc1ccc2c(c1)OCO2. The molecule has 1 aliphatic heterocycles. The molecule has 0 radical (unpaired) electrons. The molecule has 1 aliphatic rings. The van der Waals surface area contributed by atoms with Crippen LogP contribution >= 0.6 is 11.6 Å². The van der Waals surface area contributed by atoms with Crippen molar-refractivity contribution in [3.63, 3.8) is 0 Å². The first-order valence-corrected chi connectivity index (χ1v) is 11.0. The Morgan fingerprint density at radius 1 is 1.06 bits per heavy atom. The zero-order valence-electron chi connectivity index (χ0n) is 18.2. The van der Waals surface area contributed by atoms with Crippen LogP contribution in [0.3, 0.4) is 0 Å². The summed E-state index contributed by atoms with van der Waals surface area (Å²) >= 11 is 6.00. The number of rotatable bonds is 9.